The van der Waals surface area contributed by atoms with Crippen LogP contribution in [0.5, 0.6) is 0 Å². The Morgan fingerprint density at radius 3 is 2.59 bits per heavy atom. The number of Topliss-reactive ketones (excluding diaryl/α,β-unsaturated/α-hetero) is 1. The van der Waals surface area contributed by atoms with Gasteiger partial charge in [0.25, 0.3) is 0 Å². The van der Waals surface area contributed by atoms with Crippen molar-refractivity contribution in [3.05, 3.63) is 64.2 Å². The minimum Gasteiger partial charge on any atom is -0.386 e. The number of hydrogen-bond donors (Lipinski definition) is 2. The number of nitrogens with zero attached hydrogens (tertiary/aromatic N) is 2. The van der Waals surface area contributed by atoms with Crippen molar-refractivity contribution in [3.63, 3.8) is 0 Å². The number of aromatic nitrogens is 1. The first-order chi connectivity index (χ1) is 13.4. The van der Waals surface area contributed by atoms with Crippen molar-refractivity contribution in [2.45, 2.75) is 37.5 Å². The molecule has 29 heavy (non-hydrogen) atoms. The van der Waals surface area contributed by atoms with Gasteiger partial charge in [-0.05, 0) is 56.9 Å². The fourth-order valence-electron chi connectivity index (χ4n) is 3.44. The Labute approximate surface area is 176 Å². The maximum Gasteiger partial charge on any atom is 0.185 e. The molecule has 2 aromatic rings. The van der Waals surface area contributed by atoms with E-state index in [1.54, 1.807) is 37.4 Å². The number of hydrogen-bond acceptors (Lipinski definition) is 5. The summed E-state index contributed by atoms with van der Waals surface area (Å²) in [5, 5.41) is 0.448. The van der Waals surface area contributed by atoms with Crippen LogP contribution in [0, 0.1) is 5.82 Å². The number of rotatable bonds is 4. The van der Waals surface area contributed by atoms with E-state index < -0.39 is 26.4 Å². The van der Waals surface area contributed by atoms with Crippen molar-refractivity contribution in [2.75, 3.05) is 12.0 Å². The first-order valence-corrected chi connectivity index (χ1v) is 11.7. The third-order valence-electron chi connectivity index (χ3n) is 5.63. The lowest BCUT2D eigenvalue weighted by Gasteiger charge is -2.52. The quantitative estimate of drug-likeness (QED) is 0.685. The number of benzene rings is 1. The highest BCUT2D eigenvalue weighted by Crippen LogP contribution is 2.59. The lowest BCUT2D eigenvalue weighted by molar-refractivity contribution is 0.0988. The summed E-state index contributed by atoms with van der Waals surface area (Å²) in [5.41, 5.74) is 6.41. The second-order valence-corrected chi connectivity index (χ2v) is 12.1. The lowest BCUT2D eigenvalue weighted by Crippen LogP contribution is -2.52. The molecule has 0 saturated heterocycles. The topological polar surface area (TPSA) is 88.6 Å². The van der Waals surface area contributed by atoms with Crippen molar-refractivity contribution < 1.29 is 13.7 Å². The molecule has 3 rings (SSSR count). The molecule has 0 aliphatic carbocycles. The van der Waals surface area contributed by atoms with Crippen LogP contribution >= 0.6 is 21.9 Å². The molecule has 0 saturated carbocycles. The monoisotopic (exact) mass is 437 g/mol. The average Bonchev–Trinajstić information content (AvgIpc) is 2.62. The molecule has 1 aromatic heterocycles. The highest BCUT2D eigenvalue weighted by Gasteiger charge is 2.49. The summed E-state index contributed by atoms with van der Waals surface area (Å²) in [4.78, 5) is 21.2. The second kappa shape index (κ2) is 7.38. The summed E-state index contributed by atoms with van der Waals surface area (Å²) < 4.78 is 25.2. The molecule has 0 amide bonds. The smallest absolute Gasteiger partial charge is 0.185 e. The molecule has 0 fully saturated rings. The SMILES string of the molecule is CC1(C)C(N)=N[C@](C)(c2cc(CC(=O)c3ccc(Cl)cn3)ccc2F)CS1(C)O. The predicted molar refractivity (Wildman–Crippen MR) is 118 cm³/mol. The van der Waals surface area contributed by atoms with Gasteiger partial charge in [-0.3, -0.25) is 14.8 Å². The van der Waals surface area contributed by atoms with Gasteiger partial charge in [-0.25, -0.2) is 4.39 Å². The maximum absolute atomic E-state index is 14.8. The van der Waals surface area contributed by atoms with Gasteiger partial charge in [0, 0.05) is 23.9 Å². The van der Waals surface area contributed by atoms with E-state index >= 15 is 0 Å². The predicted octanol–water partition coefficient (Wildman–Crippen LogP) is 4.57. The molecular formula is C21H25ClFN3O2S. The number of carbonyl (C=O) groups is 1. The first-order valence-electron chi connectivity index (χ1n) is 9.13. The third-order valence-corrected chi connectivity index (χ3v) is 9.39. The molecule has 1 aromatic carbocycles. The Kier molecular flexibility index (Phi) is 5.53. The van der Waals surface area contributed by atoms with Crippen molar-refractivity contribution in [3.8, 4) is 0 Å². The molecule has 0 bridgehead atoms. The molecular weight excluding hydrogens is 413 g/mol. The molecule has 0 radical (unpaired) electrons. The molecule has 5 nitrogen and oxygen atoms in total. The minimum absolute atomic E-state index is 0.0614. The van der Waals surface area contributed by atoms with E-state index in [0.29, 0.717) is 27.7 Å². The molecule has 0 spiro atoms. The lowest BCUT2D eigenvalue weighted by atomic mass is 9.90. The van der Waals surface area contributed by atoms with Gasteiger partial charge in [0.05, 0.1) is 15.3 Å². The standard InChI is InChI=1S/C21H25ClFN3O2S/c1-20(2)19(24)26-21(3,12-29(20,4)28)15-9-13(5-7-16(15)23)10-18(27)17-8-6-14(22)11-25-17/h5-9,11,28H,10,12H2,1-4H3,(H2,24,26)/t21-/m0/s1. The van der Waals surface area contributed by atoms with Crippen LogP contribution in [0.1, 0.15) is 42.4 Å². The molecule has 8 heteroatoms. The normalized spacial score (nSPS) is 28.3. The van der Waals surface area contributed by atoms with E-state index in [9.17, 15) is 13.7 Å². The summed E-state index contributed by atoms with van der Waals surface area (Å²) in [6, 6.07) is 7.69. The zero-order valence-electron chi connectivity index (χ0n) is 16.9. The number of aliphatic imine (C=N–C) groups is 1. The van der Waals surface area contributed by atoms with Crippen LogP contribution in [-0.4, -0.2) is 37.9 Å². The Bertz CT molecular complexity index is 992. The van der Waals surface area contributed by atoms with Gasteiger partial charge >= 0.3 is 0 Å². The van der Waals surface area contributed by atoms with Crippen molar-refractivity contribution in [1.82, 2.24) is 4.98 Å². The number of halogens is 2. The van der Waals surface area contributed by atoms with Crippen LogP contribution in [0.4, 0.5) is 4.39 Å². The summed E-state index contributed by atoms with van der Waals surface area (Å²) in [6.07, 6.45) is 3.24. The van der Waals surface area contributed by atoms with Gasteiger partial charge in [0.15, 0.2) is 5.78 Å². The number of ketones is 1. The van der Waals surface area contributed by atoms with Crippen molar-refractivity contribution >= 4 is 33.5 Å². The Hall–Kier alpha value is -1.96. The van der Waals surface area contributed by atoms with Gasteiger partial charge in [-0.1, -0.05) is 17.7 Å². The highest BCUT2D eigenvalue weighted by atomic mass is 35.5. The third kappa shape index (κ3) is 4.04. The molecule has 1 aliphatic rings. The van der Waals surface area contributed by atoms with Crippen molar-refractivity contribution in [2.24, 2.45) is 10.7 Å². The second-order valence-electron chi connectivity index (χ2n) is 8.24. The fraction of sp³-hybridized carbons (Fsp3) is 0.381. The van der Waals surface area contributed by atoms with Crippen LogP contribution in [0.2, 0.25) is 5.02 Å². The van der Waals surface area contributed by atoms with Gasteiger partial charge in [-0.2, -0.15) is 0 Å². The summed E-state index contributed by atoms with van der Waals surface area (Å²) in [6.45, 7) is 5.47. The van der Waals surface area contributed by atoms with Crippen LogP contribution in [0.25, 0.3) is 0 Å². The van der Waals surface area contributed by atoms with E-state index in [0.717, 1.165) is 0 Å². The van der Waals surface area contributed by atoms with Crippen LogP contribution in [0.3, 0.4) is 0 Å². The Morgan fingerprint density at radius 1 is 1.31 bits per heavy atom. The largest absolute Gasteiger partial charge is 0.386 e. The van der Waals surface area contributed by atoms with E-state index in [1.165, 1.54) is 12.3 Å². The first kappa shape index (κ1) is 21.7. The molecule has 2 heterocycles. The van der Waals surface area contributed by atoms with Gasteiger partial charge in [0.1, 0.15) is 17.3 Å². The average molecular weight is 438 g/mol. The Morgan fingerprint density at radius 2 is 2.00 bits per heavy atom. The van der Waals surface area contributed by atoms with Crippen LogP contribution < -0.4 is 5.73 Å². The molecule has 156 valence electrons. The number of pyridine rings is 1. The fourth-order valence-corrected chi connectivity index (χ4v) is 5.72. The van der Waals surface area contributed by atoms with Gasteiger partial charge in [-0.15, -0.1) is 10.3 Å². The number of nitrogens with two attached hydrogens (primary N) is 1. The number of carbonyl (C=O) groups excluding carboxylic acids is 1. The van der Waals surface area contributed by atoms with E-state index in [4.69, 9.17) is 17.3 Å². The van der Waals surface area contributed by atoms with Gasteiger partial charge in [0.2, 0.25) is 0 Å². The Balaban J connectivity index is 1.96. The number of amidine groups is 1. The molecule has 1 unspecified atom stereocenters. The van der Waals surface area contributed by atoms with Crippen molar-refractivity contribution in [1.29, 1.82) is 0 Å². The molecule has 2 atom stereocenters. The van der Waals surface area contributed by atoms with E-state index in [2.05, 4.69) is 9.98 Å². The van der Waals surface area contributed by atoms with Crippen LogP contribution in [0.15, 0.2) is 41.5 Å². The molecule has 1 aliphatic heterocycles. The summed E-state index contributed by atoms with van der Waals surface area (Å²) >= 11 is 5.81. The maximum atomic E-state index is 14.8. The van der Waals surface area contributed by atoms with E-state index in [1.807, 2.05) is 13.8 Å². The highest BCUT2D eigenvalue weighted by molar-refractivity contribution is 8.30. The van der Waals surface area contributed by atoms with E-state index in [-0.39, 0.29) is 18.0 Å². The van der Waals surface area contributed by atoms with Gasteiger partial charge < -0.3 is 10.3 Å². The molecule has 3 N–H and O–H groups in total. The summed E-state index contributed by atoms with van der Waals surface area (Å²) in [5.74, 6) is -0.0622. The summed E-state index contributed by atoms with van der Waals surface area (Å²) in [7, 11) is -2.18. The minimum atomic E-state index is -2.18. The zero-order chi connectivity index (χ0) is 21.6. The zero-order valence-corrected chi connectivity index (χ0v) is 18.4. The van der Waals surface area contributed by atoms with Crippen LogP contribution in [-0.2, 0) is 12.0 Å².